The van der Waals surface area contributed by atoms with Crippen molar-refractivity contribution in [1.82, 2.24) is 15.1 Å². The second-order valence-corrected chi connectivity index (χ2v) is 6.66. The molecule has 0 bridgehead atoms. The molecule has 2 rings (SSSR count). The molecule has 0 fully saturated rings. The first kappa shape index (κ1) is 15.7. The van der Waals surface area contributed by atoms with Crippen molar-refractivity contribution in [3.05, 3.63) is 53.9 Å². The van der Waals surface area contributed by atoms with E-state index < -0.39 is 10.0 Å². The molecule has 1 aromatic heterocycles. The molecule has 1 heterocycles. The van der Waals surface area contributed by atoms with E-state index in [1.54, 1.807) is 0 Å². The Morgan fingerprint density at radius 3 is 2.67 bits per heavy atom. The predicted molar refractivity (Wildman–Crippen MR) is 82.1 cm³/mol. The van der Waals surface area contributed by atoms with Gasteiger partial charge in [-0.1, -0.05) is 30.3 Å². The number of benzene rings is 1. The summed E-state index contributed by atoms with van der Waals surface area (Å²) in [6.07, 6.45) is 4.31. The van der Waals surface area contributed by atoms with E-state index in [2.05, 4.69) is 22.5 Å². The Morgan fingerprint density at radius 1 is 1.19 bits per heavy atom. The van der Waals surface area contributed by atoms with Gasteiger partial charge in [-0.15, -0.1) is 0 Å². The summed E-state index contributed by atoms with van der Waals surface area (Å²) in [5.74, 6) is 0.00721. The fourth-order valence-corrected chi connectivity index (χ4v) is 2.53. The van der Waals surface area contributed by atoms with Crippen molar-refractivity contribution in [2.24, 2.45) is 5.14 Å². The van der Waals surface area contributed by atoms with Gasteiger partial charge < -0.3 is 5.32 Å². The van der Waals surface area contributed by atoms with Crippen LogP contribution in [-0.2, 0) is 23.1 Å². The molecule has 7 heteroatoms. The van der Waals surface area contributed by atoms with Gasteiger partial charge in [0.1, 0.15) is 0 Å². The van der Waals surface area contributed by atoms with E-state index >= 15 is 0 Å². The highest BCUT2D eigenvalue weighted by Gasteiger charge is 2.02. The van der Waals surface area contributed by atoms with Gasteiger partial charge in [0.15, 0.2) is 0 Å². The maximum atomic E-state index is 10.8. The number of primary sulfonamides is 1. The van der Waals surface area contributed by atoms with E-state index in [-0.39, 0.29) is 5.75 Å². The molecule has 1 aromatic carbocycles. The topological polar surface area (TPSA) is 90.0 Å². The lowest BCUT2D eigenvalue weighted by Crippen LogP contribution is -2.21. The summed E-state index contributed by atoms with van der Waals surface area (Å²) in [7, 11) is -3.36. The van der Waals surface area contributed by atoms with Gasteiger partial charge in [-0.3, -0.25) is 4.68 Å². The van der Waals surface area contributed by atoms with Crippen LogP contribution in [0.3, 0.4) is 0 Å². The molecule has 0 aliphatic heterocycles. The summed E-state index contributed by atoms with van der Waals surface area (Å²) in [5.41, 5.74) is 2.27. The number of hydrogen-bond donors (Lipinski definition) is 2. The van der Waals surface area contributed by atoms with Gasteiger partial charge in [0.2, 0.25) is 10.0 Å². The Kier molecular flexibility index (Phi) is 5.49. The van der Waals surface area contributed by atoms with Gasteiger partial charge in [-0.25, -0.2) is 13.6 Å². The van der Waals surface area contributed by atoms with Crippen molar-refractivity contribution in [3.8, 4) is 0 Å². The Labute approximate surface area is 125 Å². The van der Waals surface area contributed by atoms with Gasteiger partial charge in [0, 0.05) is 18.3 Å². The highest BCUT2D eigenvalue weighted by Crippen LogP contribution is 2.03. The van der Waals surface area contributed by atoms with E-state index in [1.165, 1.54) is 5.56 Å². The molecular weight excluding hydrogens is 288 g/mol. The molecule has 2 aromatic rings. The van der Waals surface area contributed by atoms with Crippen molar-refractivity contribution in [2.75, 3.05) is 12.3 Å². The second-order valence-electron chi connectivity index (χ2n) is 4.93. The largest absolute Gasteiger partial charge is 0.313 e. The van der Waals surface area contributed by atoms with Gasteiger partial charge in [0.25, 0.3) is 0 Å². The van der Waals surface area contributed by atoms with Crippen molar-refractivity contribution in [2.45, 2.75) is 19.5 Å². The molecular formula is C14H20N4O2S. The zero-order valence-corrected chi connectivity index (χ0v) is 12.6. The standard InChI is InChI=1S/C14H20N4O2S/c15-21(19,20)8-4-7-16-9-14-10-17-18(12-14)11-13-5-2-1-3-6-13/h1-3,5-6,10,12,16H,4,7-9,11H2,(H2,15,19,20). The van der Waals surface area contributed by atoms with Gasteiger partial charge in [-0.05, 0) is 18.5 Å². The number of nitrogens with one attached hydrogen (secondary N) is 1. The van der Waals surface area contributed by atoms with Gasteiger partial charge >= 0.3 is 0 Å². The van der Waals surface area contributed by atoms with Crippen molar-refractivity contribution >= 4 is 10.0 Å². The first-order valence-corrected chi connectivity index (χ1v) is 8.51. The van der Waals surface area contributed by atoms with Crippen LogP contribution in [0.15, 0.2) is 42.7 Å². The highest BCUT2D eigenvalue weighted by molar-refractivity contribution is 7.89. The van der Waals surface area contributed by atoms with E-state index in [0.717, 1.165) is 12.1 Å². The van der Waals surface area contributed by atoms with Crippen molar-refractivity contribution in [3.63, 3.8) is 0 Å². The third-order valence-electron chi connectivity index (χ3n) is 2.99. The number of rotatable bonds is 8. The van der Waals surface area contributed by atoms with E-state index in [9.17, 15) is 8.42 Å². The molecule has 0 atom stereocenters. The number of hydrogen-bond acceptors (Lipinski definition) is 4. The summed E-state index contributed by atoms with van der Waals surface area (Å²) in [4.78, 5) is 0. The van der Waals surface area contributed by atoms with Crippen LogP contribution < -0.4 is 10.5 Å². The van der Waals surface area contributed by atoms with Crippen molar-refractivity contribution < 1.29 is 8.42 Å². The lowest BCUT2D eigenvalue weighted by atomic mass is 10.2. The fraction of sp³-hybridized carbons (Fsp3) is 0.357. The minimum atomic E-state index is -3.36. The second kappa shape index (κ2) is 7.35. The van der Waals surface area contributed by atoms with E-state index in [1.807, 2.05) is 35.3 Å². The zero-order valence-electron chi connectivity index (χ0n) is 11.8. The molecule has 21 heavy (non-hydrogen) atoms. The monoisotopic (exact) mass is 308 g/mol. The summed E-state index contributed by atoms with van der Waals surface area (Å²) in [5, 5.41) is 12.4. The average molecular weight is 308 g/mol. The van der Waals surface area contributed by atoms with Crippen molar-refractivity contribution in [1.29, 1.82) is 0 Å². The Morgan fingerprint density at radius 2 is 1.95 bits per heavy atom. The fourth-order valence-electron chi connectivity index (χ4n) is 1.99. The Bertz CT molecular complexity index is 653. The lowest BCUT2D eigenvalue weighted by Gasteiger charge is -2.02. The molecule has 0 radical (unpaired) electrons. The summed E-state index contributed by atoms with van der Waals surface area (Å²) < 4.78 is 23.4. The molecule has 114 valence electrons. The Balaban J connectivity index is 1.73. The van der Waals surface area contributed by atoms with Crippen LogP contribution in [0, 0.1) is 0 Å². The molecule has 0 unspecified atom stereocenters. The molecule has 0 spiro atoms. The van der Waals surface area contributed by atoms with Gasteiger partial charge in [0.05, 0.1) is 18.5 Å². The smallest absolute Gasteiger partial charge is 0.209 e. The number of sulfonamides is 1. The maximum Gasteiger partial charge on any atom is 0.209 e. The number of aromatic nitrogens is 2. The predicted octanol–water partition coefficient (Wildman–Crippen LogP) is 0.700. The van der Waals surface area contributed by atoms with Crippen LogP contribution in [0.1, 0.15) is 17.5 Å². The normalized spacial score (nSPS) is 11.7. The van der Waals surface area contributed by atoms with Crippen LogP contribution in [-0.4, -0.2) is 30.5 Å². The van der Waals surface area contributed by atoms with Gasteiger partial charge in [-0.2, -0.15) is 5.10 Å². The molecule has 6 nitrogen and oxygen atoms in total. The molecule has 0 saturated carbocycles. The SMILES string of the molecule is NS(=O)(=O)CCCNCc1cnn(Cc2ccccc2)c1. The molecule has 3 N–H and O–H groups in total. The van der Waals surface area contributed by atoms with E-state index in [4.69, 9.17) is 5.14 Å². The van der Waals surface area contributed by atoms with Crippen LogP contribution in [0.2, 0.25) is 0 Å². The highest BCUT2D eigenvalue weighted by atomic mass is 32.2. The molecule has 0 saturated heterocycles. The van der Waals surface area contributed by atoms with Crippen LogP contribution in [0.5, 0.6) is 0 Å². The summed E-state index contributed by atoms with van der Waals surface area (Å²) >= 11 is 0. The molecule has 0 aliphatic rings. The van der Waals surface area contributed by atoms with Crippen LogP contribution in [0.4, 0.5) is 0 Å². The van der Waals surface area contributed by atoms with E-state index in [0.29, 0.717) is 19.5 Å². The Hall–Kier alpha value is -1.70. The minimum absolute atomic E-state index is 0.00721. The third kappa shape index (κ3) is 6.07. The lowest BCUT2D eigenvalue weighted by molar-refractivity contribution is 0.590. The zero-order chi connectivity index (χ0) is 15.1. The molecule has 0 aliphatic carbocycles. The van der Waals surface area contributed by atoms with Crippen LogP contribution in [0.25, 0.3) is 0 Å². The summed E-state index contributed by atoms with van der Waals surface area (Å²) in [6, 6.07) is 10.1. The molecule has 0 amide bonds. The quantitative estimate of drug-likeness (QED) is 0.702. The summed E-state index contributed by atoms with van der Waals surface area (Å²) in [6.45, 7) is 2.02. The number of nitrogens with two attached hydrogens (primary N) is 1. The first-order chi connectivity index (χ1) is 10.0. The van der Waals surface area contributed by atoms with Crippen LogP contribution >= 0.6 is 0 Å². The average Bonchev–Trinajstić information content (AvgIpc) is 2.86. The minimum Gasteiger partial charge on any atom is -0.313 e. The number of nitrogens with zero attached hydrogens (tertiary/aromatic N) is 2. The maximum absolute atomic E-state index is 10.8. The first-order valence-electron chi connectivity index (χ1n) is 6.79. The third-order valence-corrected chi connectivity index (χ3v) is 3.84.